The summed E-state index contributed by atoms with van der Waals surface area (Å²) in [6.07, 6.45) is 15.0. The lowest BCUT2D eigenvalue weighted by Crippen LogP contribution is -2.46. The second kappa shape index (κ2) is 7.97. The second-order valence-electron chi connectivity index (χ2n) is 8.56. The minimum Gasteiger partial charge on any atom is -0.348 e. The normalized spacial score (nSPS) is 17.9. The van der Waals surface area contributed by atoms with Gasteiger partial charge in [-0.1, -0.05) is 37.8 Å². The van der Waals surface area contributed by atoms with Crippen LogP contribution in [-0.4, -0.2) is 26.5 Å². The van der Waals surface area contributed by atoms with Crippen LogP contribution >= 0.6 is 0 Å². The van der Waals surface area contributed by atoms with E-state index in [-0.39, 0.29) is 5.92 Å². The topological polar surface area (TPSA) is 51.0 Å². The highest BCUT2D eigenvalue weighted by Gasteiger charge is 2.34. The first-order valence-electron chi connectivity index (χ1n) is 11.0. The van der Waals surface area contributed by atoms with Gasteiger partial charge < -0.3 is 9.47 Å². The predicted octanol–water partition coefficient (Wildman–Crippen LogP) is 4.90. The lowest BCUT2D eigenvalue weighted by atomic mass is 9.83. The van der Waals surface area contributed by atoms with Crippen LogP contribution in [0, 0.1) is 5.92 Å². The first-order chi connectivity index (χ1) is 14.3. The van der Waals surface area contributed by atoms with Crippen molar-refractivity contribution >= 4 is 11.6 Å². The number of benzene rings is 1. The molecule has 0 atom stereocenters. The maximum Gasteiger partial charge on any atom is 0.230 e. The van der Waals surface area contributed by atoms with Crippen LogP contribution in [0.15, 0.2) is 49.1 Å². The minimum atomic E-state index is 0.240. The van der Waals surface area contributed by atoms with E-state index in [4.69, 9.17) is 0 Å². The highest BCUT2D eigenvalue weighted by Crippen LogP contribution is 2.34. The number of rotatable bonds is 5. The SMILES string of the molecule is O=C(C1CCC1)N(c1ccc(Cn2ccc3ncnc-3c2)cc1)C1CCCCC1. The molecule has 1 aromatic rings. The van der Waals surface area contributed by atoms with E-state index in [2.05, 4.69) is 43.7 Å². The van der Waals surface area contributed by atoms with Crippen molar-refractivity contribution in [2.24, 2.45) is 5.92 Å². The van der Waals surface area contributed by atoms with Gasteiger partial charge in [0, 0.05) is 36.6 Å². The standard InChI is InChI=1S/C24H28N4O/c29-24(19-5-4-6-19)28(20-7-2-1-3-8-20)21-11-9-18(10-12-21)15-27-14-13-22-23(16-27)26-17-25-22/h9-14,16-17,19-20H,1-8,15H2. The van der Waals surface area contributed by atoms with Crippen LogP contribution < -0.4 is 4.90 Å². The number of hydrogen-bond donors (Lipinski definition) is 0. The molecule has 0 spiro atoms. The lowest BCUT2D eigenvalue weighted by molar-refractivity contribution is -0.125. The van der Waals surface area contributed by atoms with Crippen LogP contribution in [0.25, 0.3) is 11.4 Å². The van der Waals surface area contributed by atoms with E-state index < -0.39 is 0 Å². The summed E-state index contributed by atoms with van der Waals surface area (Å²) < 4.78 is 2.13. The van der Waals surface area contributed by atoms with Gasteiger partial charge in [-0.15, -0.1) is 0 Å². The third-order valence-electron chi connectivity index (χ3n) is 6.58. The molecule has 29 heavy (non-hydrogen) atoms. The molecule has 0 unspecified atom stereocenters. The zero-order valence-corrected chi connectivity index (χ0v) is 16.8. The van der Waals surface area contributed by atoms with Crippen molar-refractivity contribution < 1.29 is 4.79 Å². The summed E-state index contributed by atoms with van der Waals surface area (Å²) in [7, 11) is 0. The summed E-state index contributed by atoms with van der Waals surface area (Å²) in [6.45, 7) is 0.781. The number of aromatic nitrogens is 3. The zero-order chi connectivity index (χ0) is 19.6. The third-order valence-corrected chi connectivity index (χ3v) is 6.58. The molecule has 1 amide bonds. The van der Waals surface area contributed by atoms with Crippen LogP contribution in [0.3, 0.4) is 0 Å². The fourth-order valence-electron chi connectivity index (χ4n) is 4.66. The van der Waals surface area contributed by atoms with Crippen molar-refractivity contribution in [3.05, 3.63) is 54.6 Å². The van der Waals surface area contributed by atoms with E-state index >= 15 is 0 Å². The van der Waals surface area contributed by atoms with E-state index in [0.29, 0.717) is 11.9 Å². The molecule has 5 rings (SSSR count). The van der Waals surface area contributed by atoms with Gasteiger partial charge in [0.05, 0.1) is 5.69 Å². The number of carbonyl (C=O) groups excluding carboxylic acids is 1. The molecule has 2 aliphatic heterocycles. The molecule has 2 fully saturated rings. The Morgan fingerprint density at radius 1 is 0.931 bits per heavy atom. The van der Waals surface area contributed by atoms with Gasteiger partial charge in [-0.25, -0.2) is 9.97 Å². The van der Waals surface area contributed by atoms with E-state index in [0.717, 1.165) is 49.3 Å². The van der Waals surface area contributed by atoms with E-state index in [1.807, 2.05) is 18.5 Å². The Bertz CT molecular complexity index is 938. The number of amides is 1. The average molecular weight is 389 g/mol. The Morgan fingerprint density at radius 2 is 1.69 bits per heavy atom. The maximum absolute atomic E-state index is 13.2. The molecule has 0 bridgehead atoms. The monoisotopic (exact) mass is 388 g/mol. The molecule has 0 saturated heterocycles. The summed E-state index contributed by atoms with van der Waals surface area (Å²) in [5, 5.41) is 0. The van der Waals surface area contributed by atoms with Crippen molar-refractivity contribution in [2.75, 3.05) is 4.90 Å². The van der Waals surface area contributed by atoms with Crippen LogP contribution in [0.1, 0.15) is 56.9 Å². The summed E-state index contributed by atoms with van der Waals surface area (Å²) in [5.41, 5.74) is 4.13. The van der Waals surface area contributed by atoms with Crippen molar-refractivity contribution in [3.8, 4) is 11.4 Å². The molecule has 0 aromatic heterocycles. The van der Waals surface area contributed by atoms with E-state index in [9.17, 15) is 4.79 Å². The van der Waals surface area contributed by atoms with E-state index in [1.165, 1.54) is 31.2 Å². The fourth-order valence-corrected chi connectivity index (χ4v) is 4.66. The Hall–Kier alpha value is -2.69. The molecule has 2 aliphatic carbocycles. The summed E-state index contributed by atoms with van der Waals surface area (Å²) >= 11 is 0. The van der Waals surface area contributed by atoms with Crippen LogP contribution in [-0.2, 0) is 11.3 Å². The first-order valence-corrected chi connectivity index (χ1v) is 11.0. The summed E-state index contributed by atoms with van der Waals surface area (Å²) in [5.74, 6) is 0.593. The number of carbonyl (C=O) groups is 1. The molecule has 5 nitrogen and oxygen atoms in total. The Balaban J connectivity index is 1.36. The van der Waals surface area contributed by atoms with Gasteiger partial charge in [0.25, 0.3) is 0 Å². The second-order valence-corrected chi connectivity index (χ2v) is 8.56. The number of imidazole rings is 1. The molecule has 150 valence electrons. The van der Waals surface area contributed by atoms with Crippen molar-refractivity contribution in [3.63, 3.8) is 0 Å². The Labute approximate surface area is 172 Å². The van der Waals surface area contributed by atoms with E-state index in [1.54, 1.807) is 6.33 Å². The number of hydrogen-bond acceptors (Lipinski definition) is 3. The largest absolute Gasteiger partial charge is 0.348 e. The fraction of sp³-hybridized carbons (Fsp3) is 0.458. The highest BCUT2D eigenvalue weighted by atomic mass is 16.2. The predicted molar refractivity (Wildman–Crippen MR) is 114 cm³/mol. The van der Waals surface area contributed by atoms with Gasteiger partial charge in [0.15, 0.2) is 0 Å². The summed E-state index contributed by atoms with van der Waals surface area (Å²) in [6, 6.07) is 11.0. The molecule has 4 aliphatic rings. The minimum absolute atomic E-state index is 0.240. The summed E-state index contributed by atoms with van der Waals surface area (Å²) in [4.78, 5) is 23.9. The van der Waals surface area contributed by atoms with Gasteiger partial charge in [-0.2, -0.15) is 0 Å². The van der Waals surface area contributed by atoms with Crippen LogP contribution in [0.5, 0.6) is 0 Å². The maximum atomic E-state index is 13.2. The third kappa shape index (κ3) is 3.78. The number of anilines is 1. The molecule has 2 heterocycles. The highest BCUT2D eigenvalue weighted by molar-refractivity contribution is 5.96. The molecular formula is C24H28N4O. The van der Waals surface area contributed by atoms with Gasteiger partial charge in [-0.3, -0.25) is 4.79 Å². The van der Waals surface area contributed by atoms with Gasteiger partial charge in [-0.05, 0) is 49.4 Å². The number of nitrogens with zero attached hydrogens (tertiary/aromatic N) is 4. The first kappa shape index (κ1) is 18.3. The molecular weight excluding hydrogens is 360 g/mol. The average Bonchev–Trinajstić information content (AvgIpc) is 3.17. The van der Waals surface area contributed by atoms with Gasteiger partial charge >= 0.3 is 0 Å². The molecule has 0 N–H and O–H groups in total. The molecule has 2 saturated carbocycles. The Kier molecular flexibility index (Phi) is 5.04. The number of fused-ring (bicyclic) bond motifs is 1. The smallest absolute Gasteiger partial charge is 0.230 e. The van der Waals surface area contributed by atoms with Crippen LogP contribution in [0.4, 0.5) is 5.69 Å². The Morgan fingerprint density at radius 3 is 2.41 bits per heavy atom. The van der Waals surface area contributed by atoms with Crippen molar-refractivity contribution in [1.29, 1.82) is 0 Å². The molecule has 1 aromatic carbocycles. The zero-order valence-electron chi connectivity index (χ0n) is 16.8. The van der Waals surface area contributed by atoms with Crippen molar-refractivity contribution in [2.45, 2.75) is 64.0 Å². The van der Waals surface area contributed by atoms with Gasteiger partial charge in [0.1, 0.15) is 12.0 Å². The molecule has 0 radical (unpaired) electrons. The quantitative estimate of drug-likeness (QED) is 0.625. The van der Waals surface area contributed by atoms with Crippen LogP contribution in [0.2, 0.25) is 0 Å². The number of pyridine rings is 1. The molecule has 5 heteroatoms. The van der Waals surface area contributed by atoms with Gasteiger partial charge in [0.2, 0.25) is 5.91 Å². The van der Waals surface area contributed by atoms with Crippen molar-refractivity contribution in [1.82, 2.24) is 14.5 Å². The lowest BCUT2D eigenvalue weighted by Gasteiger charge is -2.38.